The minimum atomic E-state index is -0.0408. The quantitative estimate of drug-likeness (QED) is 0.612. The highest BCUT2D eigenvalue weighted by Gasteiger charge is 2.32. The molecule has 5 rings (SSSR count). The van der Waals surface area contributed by atoms with Gasteiger partial charge in [0.25, 0.3) is 5.91 Å². The van der Waals surface area contributed by atoms with Gasteiger partial charge in [0.1, 0.15) is 18.0 Å². The summed E-state index contributed by atoms with van der Waals surface area (Å²) < 4.78 is 11.5. The first-order valence-electron chi connectivity index (χ1n) is 10.6. The van der Waals surface area contributed by atoms with E-state index < -0.39 is 0 Å². The summed E-state index contributed by atoms with van der Waals surface area (Å²) >= 11 is 0. The SMILES string of the molecule is Cc1nccc(-c2ccc(CN3Cc4ccnc(OCC5CCCO5)c4C3=O)cc2)n1. The number of hydrogen-bond donors (Lipinski definition) is 0. The first kappa shape index (κ1) is 19.6. The summed E-state index contributed by atoms with van der Waals surface area (Å²) in [6.07, 6.45) is 5.59. The van der Waals surface area contributed by atoms with Crippen molar-refractivity contribution in [1.82, 2.24) is 19.9 Å². The van der Waals surface area contributed by atoms with Crippen molar-refractivity contribution in [3.63, 3.8) is 0 Å². The molecule has 0 saturated carbocycles. The number of rotatable bonds is 6. The number of pyridine rings is 1. The molecule has 1 unspecified atom stereocenters. The van der Waals surface area contributed by atoms with E-state index in [1.54, 1.807) is 12.4 Å². The van der Waals surface area contributed by atoms with Gasteiger partial charge in [-0.2, -0.15) is 0 Å². The van der Waals surface area contributed by atoms with Gasteiger partial charge in [-0.1, -0.05) is 24.3 Å². The van der Waals surface area contributed by atoms with Gasteiger partial charge < -0.3 is 14.4 Å². The minimum Gasteiger partial charge on any atom is -0.474 e. The summed E-state index contributed by atoms with van der Waals surface area (Å²) in [7, 11) is 0. The van der Waals surface area contributed by atoms with Crippen LogP contribution in [0.2, 0.25) is 0 Å². The molecular weight excluding hydrogens is 392 g/mol. The molecule has 3 aromatic rings. The summed E-state index contributed by atoms with van der Waals surface area (Å²) in [5.74, 6) is 1.11. The molecule has 1 fully saturated rings. The Morgan fingerprint density at radius 2 is 1.97 bits per heavy atom. The molecule has 0 bridgehead atoms. The van der Waals surface area contributed by atoms with Gasteiger partial charge in [-0.15, -0.1) is 0 Å². The monoisotopic (exact) mass is 416 g/mol. The molecule has 4 heterocycles. The molecule has 1 atom stereocenters. The molecule has 0 aliphatic carbocycles. The van der Waals surface area contributed by atoms with Crippen LogP contribution in [0.3, 0.4) is 0 Å². The number of aromatic nitrogens is 3. The second kappa shape index (κ2) is 8.43. The summed E-state index contributed by atoms with van der Waals surface area (Å²) in [6.45, 7) is 4.17. The number of amides is 1. The third-order valence-corrected chi connectivity index (χ3v) is 5.69. The van der Waals surface area contributed by atoms with E-state index in [0.717, 1.165) is 47.7 Å². The first-order chi connectivity index (χ1) is 15.2. The van der Waals surface area contributed by atoms with Gasteiger partial charge in [-0.25, -0.2) is 15.0 Å². The maximum atomic E-state index is 13.1. The molecule has 0 spiro atoms. The molecule has 0 N–H and O–H groups in total. The topological polar surface area (TPSA) is 77.4 Å². The highest BCUT2D eigenvalue weighted by atomic mass is 16.5. The number of aryl methyl sites for hydroxylation is 1. The summed E-state index contributed by atoms with van der Waals surface area (Å²) in [4.78, 5) is 27.9. The number of carbonyl (C=O) groups excluding carboxylic acids is 1. The van der Waals surface area contributed by atoms with Crippen LogP contribution in [0.15, 0.2) is 48.8 Å². The van der Waals surface area contributed by atoms with Crippen LogP contribution in [-0.2, 0) is 17.8 Å². The molecule has 7 heteroatoms. The fourth-order valence-corrected chi connectivity index (χ4v) is 4.08. The van der Waals surface area contributed by atoms with Crippen molar-refractivity contribution < 1.29 is 14.3 Å². The van der Waals surface area contributed by atoms with E-state index in [1.807, 2.05) is 48.2 Å². The van der Waals surface area contributed by atoms with Gasteiger partial charge in [-0.3, -0.25) is 4.79 Å². The minimum absolute atomic E-state index is 0.0408. The number of benzene rings is 1. The van der Waals surface area contributed by atoms with Crippen molar-refractivity contribution >= 4 is 5.91 Å². The second-order valence-corrected chi connectivity index (χ2v) is 7.94. The highest BCUT2D eigenvalue weighted by Crippen LogP contribution is 2.31. The van der Waals surface area contributed by atoms with E-state index in [9.17, 15) is 4.79 Å². The van der Waals surface area contributed by atoms with Crippen LogP contribution < -0.4 is 4.74 Å². The predicted octanol–water partition coefficient (Wildman–Crippen LogP) is 3.56. The van der Waals surface area contributed by atoms with Crippen LogP contribution in [0.5, 0.6) is 5.88 Å². The molecular formula is C24H24N4O3. The number of fused-ring (bicyclic) bond motifs is 1. The third-order valence-electron chi connectivity index (χ3n) is 5.69. The van der Waals surface area contributed by atoms with Crippen LogP contribution in [-0.4, -0.2) is 45.1 Å². The van der Waals surface area contributed by atoms with Crippen molar-refractivity contribution in [2.75, 3.05) is 13.2 Å². The summed E-state index contributed by atoms with van der Waals surface area (Å²) in [5.41, 5.74) is 4.51. The van der Waals surface area contributed by atoms with Crippen LogP contribution in [0, 0.1) is 6.92 Å². The number of ether oxygens (including phenoxy) is 2. The first-order valence-corrected chi connectivity index (χ1v) is 10.6. The van der Waals surface area contributed by atoms with Crippen LogP contribution in [0.4, 0.5) is 0 Å². The van der Waals surface area contributed by atoms with E-state index in [-0.39, 0.29) is 12.0 Å². The van der Waals surface area contributed by atoms with E-state index in [1.165, 1.54) is 0 Å². The third kappa shape index (κ3) is 4.14. The normalized spacial score (nSPS) is 17.8. The van der Waals surface area contributed by atoms with Crippen molar-refractivity contribution in [3.8, 4) is 17.1 Å². The van der Waals surface area contributed by atoms with Gasteiger partial charge in [0, 0.05) is 37.7 Å². The van der Waals surface area contributed by atoms with E-state index in [2.05, 4.69) is 15.0 Å². The molecule has 158 valence electrons. The Bertz CT molecular complexity index is 1090. The summed E-state index contributed by atoms with van der Waals surface area (Å²) in [6, 6.07) is 11.9. The van der Waals surface area contributed by atoms with Crippen molar-refractivity contribution in [2.24, 2.45) is 0 Å². The summed E-state index contributed by atoms with van der Waals surface area (Å²) in [5, 5.41) is 0. The Morgan fingerprint density at radius 3 is 2.74 bits per heavy atom. The Kier molecular flexibility index (Phi) is 5.34. The molecule has 31 heavy (non-hydrogen) atoms. The van der Waals surface area contributed by atoms with Crippen LogP contribution in [0.25, 0.3) is 11.3 Å². The zero-order valence-electron chi connectivity index (χ0n) is 17.5. The van der Waals surface area contributed by atoms with Crippen molar-refractivity contribution in [3.05, 3.63) is 71.3 Å². The zero-order chi connectivity index (χ0) is 21.2. The van der Waals surface area contributed by atoms with Crippen molar-refractivity contribution in [1.29, 1.82) is 0 Å². The molecule has 7 nitrogen and oxygen atoms in total. The number of carbonyl (C=O) groups is 1. The Labute approximate surface area is 181 Å². The Hall–Kier alpha value is -3.32. The molecule has 0 radical (unpaired) electrons. The molecule has 2 aliphatic rings. The average molecular weight is 416 g/mol. The average Bonchev–Trinajstić information content (AvgIpc) is 3.41. The lowest BCUT2D eigenvalue weighted by Crippen LogP contribution is -2.24. The zero-order valence-corrected chi connectivity index (χ0v) is 17.5. The van der Waals surface area contributed by atoms with Gasteiger partial charge >= 0.3 is 0 Å². The predicted molar refractivity (Wildman–Crippen MR) is 114 cm³/mol. The Morgan fingerprint density at radius 1 is 1.13 bits per heavy atom. The lowest BCUT2D eigenvalue weighted by Gasteiger charge is -2.16. The van der Waals surface area contributed by atoms with Gasteiger partial charge in [0.2, 0.25) is 5.88 Å². The van der Waals surface area contributed by atoms with Crippen molar-refractivity contribution in [2.45, 2.75) is 39.0 Å². The molecule has 1 amide bonds. The van der Waals surface area contributed by atoms with E-state index >= 15 is 0 Å². The van der Waals surface area contributed by atoms with Gasteiger partial charge in [-0.05, 0) is 43.0 Å². The molecule has 2 aliphatic heterocycles. The highest BCUT2D eigenvalue weighted by molar-refractivity contribution is 6.00. The molecule has 1 aromatic carbocycles. The van der Waals surface area contributed by atoms with Crippen LogP contribution in [0.1, 0.15) is 40.2 Å². The fourth-order valence-electron chi connectivity index (χ4n) is 4.08. The standard InChI is InChI=1S/C24H24N4O3/c1-16-25-11-9-21(27-16)18-6-4-17(5-7-18)13-28-14-19-8-10-26-23(22(19)24(28)29)31-15-20-3-2-12-30-20/h4-11,20H,2-3,12-15H2,1H3. The maximum absolute atomic E-state index is 13.1. The second-order valence-electron chi connectivity index (χ2n) is 7.94. The number of nitrogens with zero attached hydrogens (tertiary/aromatic N) is 4. The molecule has 2 aromatic heterocycles. The molecule has 1 saturated heterocycles. The number of hydrogen-bond acceptors (Lipinski definition) is 6. The van der Waals surface area contributed by atoms with Gasteiger partial charge in [0.15, 0.2) is 0 Å². The van der Waals surface area contributed by atoms with E-state index in [4.69, 9.17) is 9.47 Å². The fraction of sp³-hybridized carbons (Fsp3) is 0.333. The lowest BCUT2D eigenvalue weighted by atomic mass is 10.1. The lowest BCUT2D eigenvalue weighted by molar-refractivity contribution is 0.0643. The Balaban J connectivity index is 1.28. The van der Waals surface area contributed by atoms with Gasteiger partial charge in [0.05, 0.1) is 11.8 Å². The maximum Gasteiger partial charge on any atom is 0.260 e. The van der Waals surface area contributed by atoms with Crippen LogP contribution >= 0.6 is 0 Å². The largest absolute Gasteiger partial charge is 0.474 e. The van der Waals surface area contributed by atoms with E-state index in [0.29, 0.717) is 31.1 Å². The smallest absolute Gasteiger partial charge is 0.260 e.